The number of aromatic nitrogens is 2. The summed E-state index contributed by atoms with van der Waals surface area (Å²) in [5, 5.41) is 6.90. The number of carbonyl (C=O) groups is 1. The molecule has 5 nitrogen and oxygen atoms in total. The summed E-state index contributed by atoms with van der Waals surface area (Å²) < 4.78 is 7.38. The third kappa shape index (κ3) is 2.17. The van der Waals surface area contributed by atoms with Crippen molar-refractivity contribution in [3.63, 3.8) is 0 Å². The summed E-state index contributed by atoms with van der Waals surface area (Å²) in [5.41, 5.74) is 2.80. The standard InChI is InChI=1S/C16H13N3O2S/c1-19-8-11(7-17-19)18-16(20)14-6-10-9-21-13-5-3-2-4-12(13)15(10)22-14/h2-8H,9H2,1H3,(H,18,20). The highest BCUT2D eigenvalue weighted by molar-refractivity contribution is 7.17. The van der Waals surface area contributed by atoms with Gasteiger partial charge >= 0.3 is 0 Å². The first-order valence-electron chi connectivity index (χ1n) is 6.85. The molecule has 0 aliphatic carbocycles. The fourth-order valence-corrected chi connectivity index (χ4v) is 3.58. The highest BCUT2D eigenvalue weighted by atomic mass is 32.1. The molecule has 3 heterocycles. The van der Waals surface area contributed by atoms with Crippen LogP contribution in [0.1, 0.15) is 15.2 Å². The van der Waals surface area contributed by atoms with Gasteiger partial charge in [0.15, 0.2) is 0 Å². The van der Waals surface area contributed by atoms with Gasteiger partial charge in [0, 0.05) is 29.2 Å². The normalized spacial score (nSPS) is 12.2. The number of para-hydroxylation sites is 1. The summed E-state index contributed by atoms with van der Waals surface area (Å²) in [6.45, 7) is 0.503. The van der Waals surface area contributed by atoms with Gasteiger partial charge < -0.3 is 10.1 Å². The predicted molar refractivity (Wildman–Crippen MR) is 85.2 cm³/mol. The zero-order chi connectivity index (χ0) is 15.1. The van der Waals surface area contributed by atoms with Gasteiger partial charge in [0.1, 0.15) is 12.4 Å². The molecule has 0 atom stereocenters. The first kappa shape index (κ1) is 13.1. The van der Waals surface area contributed by atoms with E-state index in [2.05, 4.69) is 10.4 Å². The molecule has 110 valence electrons. The van der Waals surface area contributed by atoms with E-state index >= 15 is 0 Å². The third-order valence-electron chi connectivity index (χ3n) is 3.51. The molecular formula is C16H13N3O2S. The molecule has 0 bridgehead atoms. The van der Waals surface area contributed by atoms with Crippen LogP contribution in [0.5, 0.6) is 5.75 Å². The molecule has 1 aromatic carbocycles. The average Bonchev–Trinajstić information content (AvgIpc) is 3.13. The molecule has 2 aromatic heterocycles. The van der Waals surface area contributed by atoms with Gasteiger partial charge in [-0.1, -0.05) is 12.1 Å². The second-order valence-electron chi connectivity index (χ2n) is 5.11. The Morgan fingerprint density at radius 2 is 2.27 bits per heavy atom. The molecule has 0 saturated heterocycles. The van der Waals surface area contributed by atoms with Gasteiger partial charge in [0.25, 0.3) is 5.91 Å². The predicted octanol–water partition coefficient (Wildman–Crippen LogP) is 3.29. The molecule has 0 radical (unpaired) electrons. The van der Waals surface area contributed by atoms with Gasteiger partial charge in [0.05, 0.1) is 16.8 Å². The van der Waals surface area contributed by atoms with Crippen LogP contribution < -0.4 is 10.1 Å². The third-order valence-corrected chi connectivity index (χ3v) is 4.72. The minimum atomic E-state index is -0.120. The van der Waals surface area contributed by atoms with Crippen LogP contribution in [0.2, 0.25) is 0 Å². The molecule has 1 amide bonds. The number of thiophene rings is 1. The van der Waals surface area contributed by atoms with E-state index in [-0.39, 0.29) is 5.91 Å². The Labute approximate surface area is 131 Å². The van der Waals surface area contributed by atoms with E-state index in [1.807, 2.05) is 37.4 Å². The maximum atomic E-state index is 12.4. The van der Waals surface area contributed by atoms with Crippen molar-refractivity contribution >= 4 is 22.9 Å². The van der Waals surface area contributed by atoms with Crippen molar-refractivity contribution in [1.29, 1.82) is 0 Å². The monoisotopic (exact) mass is 311 g/mol. The summed E-state index contributed by atoms with van der Waals surface area (Å²) in [6.07, 6.45) is 3.40. The molecule has 0 unspecified atom stereocenters. The Morgan fingerprint density at radius 3 is 3.09 bits per heavy atom. The summed E-state index contributed by atoms with van der Waals surface area (Å²) in [5.74, 6) is 0.751. The number of rotatable bonds is 2. The van der Waals surface area contributed by atoms with Crippen LogP contribution in [-0.2, 0) is 13.7 Å². The van der Waals surface area contributed by atoms with Crippen molar-refractivity contribution in [2.45, 2.75) is 6.61 Å². The molecule has 0 spiro atoms. The Balaban J connectivity index is 1.65. The number of hydrogen-bond donors (Lipinski definition) is 1. The number of benzene rings is 1. The van der Waals surface area contributed by atoms with Crippen LogP contribution >= 0.6 is 11.3 Å². The van der Waals surface area contributed by atoms with E-state index in [0.29, 0.717) is 17.2 Å². The van der Waals surface area contributed by atoms with Crippen LogP contribution in [-0.4, -0.2) is 15.7 Å². The summed E-state index contributed by atoms with van der Waals surface area (Å²) in [7, 11) is 1.81. The van der Waals surface area contributed by atoms with Gasteiger partial charge in [-0.15, -0.1) is 11.3 Å². The molecule has 4 rings (SSSR count). The van der Waals surface area contributed by atoms with Crippen LogP contribution in [0.25, 0.3) is 10.4 Å². The number of nitrogens with zero attached hydrogens (tertiary/aromatic N) is 2. The first-order valence-corrected chi connectivity index (χ1v) is 7.67. The molecule has 6 heteroatoms. The Kier molecular flexibility index (Phi) is 2.97. The lowest BCUT2D eigenvalue weighted by atomic mass is 10.1. The zero-order valence-electron chi connectivity index (χ0n) is 11.9. The first-order chi connectivity index (χ1) is 10.7. The summed E-state index contributed by atoms with van der Waals surface area (Å²) >= 11 is 1.49. The van der Waals surface area contributed by atoms with Crippen LogP contribution in [0.15, 0.2) is 42.7 Å². The van der Waals surface area contributed by atoms with Crippen molar-refractivity contribution < 1.29 is 9.53 Å². The van der Waals surface area contributed by atoms with Crippen molar-refractivity contribution in [3.8, 4) is 16.2 Å². The SMILES string of the molecule is Cn1cc(NC(=O)c2cc3c(s2)-c2ccccc2OC3)cn1. The second-order valence-corrected chi connectivity index (χ2v) is 6.16. The van der Waals surface area contributed by atoms with E-state index in [9.17, 15) is 4.79 Å². The molecule has 1 aliphatic rings. The number of ether oxygens (including phenoxy) is 1. The highest BCUT2D eigenvalue weighted by Crippen LogP contribution is 2.42. The lowest BCUT2D eigenvalue weighted by Crippen LogP contribution is -2.09. The summed E-state index contributed by atoms with van der Waals surface area (Å²) in [4.78, 5) is 14.2. The van der Waals surface area contributed by atoms with E-state index in [4.69, 9.17) is 4.74 Å². The molecule has 3 aromatic rings. The average molecular weight is 311 g/mol. The number of hydrogen-bond acceptors (Lipinski definition) is 4. The molecule has 0 fully saturated rings. The topological polar surface area (TPSA) is 56.2 Å². The van der Waals surface area contributed by atoms with Crippen LogP contribution in [0.3, 0.4) is 0 Å². The number of anilines is 1. The van der Waals surface area contributed by atoms with Crippen molar-refractivity contribution in [1.82, 2.24) is 9.78 Å². The number of aryl methyl sites for hydroxylation is 1. The maximum absolute atomic E-state index is 12.4. The lowest BCUT2D eigenvalue weighted by Gasteiger charge is -2.16. The summed E-state index contributed by atoms with van der Waals surface area (Å²) in [6, 6.07) is 9.81. The lowest BCUT2D eigenvalue weighted by molar-refractivity contribution is 0.103. The van der Waals surface area contributed by atoms with E-state index in [1.54, 1.807) is 17.1 Å². The van der Waals surface area contributed by atoms with Gasteiger partial charge in [-0.05, 0) is 18.2 Å². The second kappa shape index (κ2) is 4.99. The largest absolute Gasteiger partial charge is 0.488 e. The number of nitrogens with one attached hydrogen (secondary N) is 1. The Bertz CT molecular complexity index is 866. The van der Waals surface area contributed by atoms with Gasteiger partial charge in [-0.2, -0.15) is 5.10 Å². The molecular weight excluding hydrogens is 298 g/mol. The number of amides is 1. The minimum absolute atomic E-state index is 0.120. The Hall–Kier alpha value is -2.60. The zero-order valence-corrected chi connectivity index (χ0v) is 12.7. The number of carbonyl (C=O) groups excluding carboxylic acids is 1. The van der Waals surface area contributed by atoms with Gasteiger partial charge in [0.2, 0.25) is 0 Å². The number of fused-ring (bicyclic) bond motifs is 3. The van der Waals surface area contributed by atoms with Gasteiger partial charge in [-0.3, -0.25) is 9.48 Å². The van der Waals surface area contributed by atoms with E-state index in [0.717, 1.165) is 21.8 Å². The van der Waals surface area contributed by atoms with E-state index in [1.165, 1.54) is 11.3 Å². The molecule has 1 N–H and O–H groups in total. The fraction of sp³-hybridized carbons (Fsp3) is 0.125. The highest BCUT2D eigenvalue weighted by Gasteiger charge is 2.22. The smallest absolute Gasteiger partial charge is 0.265 e. The Morgan fingerprint density at radius 1 is 1.41 bits per heavy atom. The van der Waals surface area contributed by atoms with Crippen LogP contribution in [0.4, 0.5) is 5.69 Å². The molecule has 1 aliphatic heterocycles. The molecule has 22 heavy (non-hydrogen) atoms. The quantitative estimate of drug-likeness (QED) is 0.790. The molecule has 0 saturated carbocycles. The maximum Gasteiger partial charge on any atom is 0.265 e. The van der Waals surface area contributed by atoms with Crippen molar-refractivity contribution in [3.05, 3.63) is 53.2 Å². The fourth-order valence-electron chi connectivity index (χ4n) is 2.49. The van der Waals surface area contributed by atoms with Crippen molar-refractivity contribution in [2.75, 3.05) is 5.32 Å². The minimum Gasteiger partial charge on any atom is -0.488 e. The van der Waals surface area contributed by atoms with Gasteiger partial charge in [-0.25, -0.2) is 0 Å². The van der Waals surface area contributed by atoms with E-state index < -0.39 is 0 Å². The van der Waals surface area contributed by atoms with Crippen molar-refractivity contribution in [2.24, 2.45) is 7.05 Å². The van der Waals surface area contributed by atoms with Crippen LogP contribution in [0, 0.1) is 0 Å².